The fraction of sp³-hybridized carbons (Fsp3) is 0.412. The molecule has 122 valence electrons. The largest absolute Gasteiger partial charge is 0.391 e. The smallest absolute Gasteiger partial charge is 0.328 e. The molecule has 3 unspecified atom stereocenters. The summed E-state index contributed by atoms with van der Waals surface area (Å²) >= 11 is 0. The van der Waals surface area contributed by atoms with Crippen molar-refractivity contribution >= 4 is 0 Å². The second-order valence-electron chi connectivity index (χ2n) is 6.03. The van der Waals surface area contributed by atoms with Gasteiger partial charge < -0.3 is 9.84 Å². The molecular formula is C17H20N2O4. The van der Waals surface area contributed by atoms with E-state index in [1.165, 1.54) is 10.8 Å². The minimum absolute atomic E-state index is 0.00264. The molecule has 1 aliphatic rings. The topological polar surface area (TPSA) is 84.3 Å². The van der Waals surface area contributed by atoms with E-state index in [-0.39, 0.29) is 17.5 Å². The number of nitrogens with one attached hydrogen (secondary N) is 1. The van der Waals surface area contributed by atoms with Gasteiger partial charge in [0, 0.05) is 17.7 Å². The van der Waals surface area contributed by atoms with Crippen LogP contribution in [0, 0.1) is 12.8 Å². The Morgan fingerprint density at radius 1 is 1.30 bits per heavy atom. The number of aliphatic hydroxyl groups is 1. The standard InChI is InChI=1S/C17H20N2O4/c1-11-8-19(17(22)18-16(11)21)14-7-13(15(14)20)10-23-9-12-5-3-2-4-6-12/h2-6,8,13-15,20H,7,9-10H2,1H3,(H,18,21,22). The lowest BCUT2D eigenvalue weighted by Crippen LogP contribution is -2.49. The predicted octanol–water partition coefficient (Wildman–Crippen LogP) is 0.984. The molecule has 1 aromatic carbocycles. The Morgan fingerprint density at radius 3 is 2.74 bits per heavy atom. The van der Waals surface area contributed by atoms with Gasteiger partial charge in [0.2, 0.25) is 0 Å². The Morgan fingerprint density at radius 2 is 2.04 bits per heavy atom. The predicted molar refractivity (Wildman–Crippen MR) is 85.3 cm³/mol. The number of ether oxygens (including phenoxy) is 1. The van der Waals surface area contributed by atoms with Gasteiger partial charge in [-0.2, -0.15) is 0 Å². The van der Waals surface area contributed by atoms with Crippen LogP contribution in [0.3, 0.4) is 0 Å². The first kappa shape index (κ1) is 15.7. The average Bonchev–Trinajstić information content (AvgIpc) is 2.55. The van der Waals surface area contributed by atoms with Gasteiger partial charge in [-0.15, -0.1) is 0 Å². The first-order chi connectivity index (χ1) is 11.1. The van der Waals surface area contributed by atoms with Crippen molar-refractivity contribution in [3.05, 3.63) is 68.5 Å². The second kappa shape index (κ2) is 6.52. The molecule has 0 amide bonds. The maximum atomic E-state index is 11.8. The molecule has 3 rings (SSSR count). The maximum absolute atomic E-state index is 11.8. The van der Waals surface area contributed by atoms with E-state index in [4.69, 9.17) is 4.74 Å². The van der Waals surface area contributed by atoms with Crippen LogP contribution in [0.25, 0.3) is 0 Å². The van der Waals surface area contributed by atoms with E-state index in [9.17, 15) is 14.7 Å². The summed E-state index contributed by atoms with van der Waals surface area (Å²) in [5.41, 5.74) is 0.682. The number of aliphatic hydroxyl groups excluding tert-OH is 1. The first-order valence-electron chi connectivity index (χ1n) is 7.68. The number of rotatable bonds is 5. The van der Waals surface area contributed by atoms with Crippen LogP contribution in [0.5, 0.6) is 0 Å². The quantitative estimate of drug-likeness (QED) is 0.861. The molecule has 0 aliphatic heterocycles. The molecule has 1 heterocycles. The molecule has 1 aliphatic carbocycles. The van der Waals surface area contributed by atoms with Crippen molar-refractivity contribution in [2.24, 2.45) is 5.92 Å². The zero-order chi connectivity index (χ0) is 16.4. The molecule has 6 nitrogen and oxygen atoms in total. The lowest BCUT2D eigenvalue weighted by molar-refractivity contribution is -0.0764. The molecule has 2 aromatic rings. The lowest BCUT2D eigenvalue weighted by Gasteiger charge is -2.41. The average molecular weight is 316 g/mol. The van der Waals surface area contributed by atoms with Crippen molar-refractivity contribution in [2.45, 2.75) is 32.1 Å². The molecule has 1 aromatic heterocycles. The first-order valence-corrected chi connectivity index (χ1v) is 7.68. The van der Waals surface area contributed by atoms with Crippen LogP contribution in [0.1, 0.15) is 23.6 Å². The minimum atomic E-state index is -0.645. The summed E-state index contributed by atoms with van der Waals surface area (Å²) in [6, 6.07) is 9.54. The third-order valence-corrected chi connectivity index (χ3v) is 4.37. The summed E-state index contributed by atoms with van der Waals surface area (Å²) in [5.74, 6) is 0.00264. The van der Waals surface area contributed by atoms with Crippen molar-refractivity contribution < 1.29 is 9.84 Å². The second-order valence-corrected chi connectivity index (χ2v) is 6.03. The Balaban J connectivity index is 1.56. The van der Waals surface area contributed by atoms with Crippen molar-refractivity contribution in [3.63, 3.8) is 0 Å². The summed E-state index contributed by atoms with van der Waals surface area (Å²) in [4.78, 5) is 25.5. The minimum Gasteiger partial charge on any atom is -0.391 e. The Hall–Kier alpha value is -2.18. The van der Waals surface area contributed by atoms with Gasteiger partial charge in [0.1, 0.15) is 0 Å². The molecule has 6 heteroatoms. The van der Waals surface area contributed by atoms with Crippen LogP contribution >= 0.6 is 0 Å². The highest BCUT2D eigenvalue weighted by Gasteiger charge is 2.41. The molecule has 1 fully saturated rings. The Kier molecular flexibility index (Phi) is 4.45. The van der Waals surface area contributed by atoms with Crippen molar-refractivity contribution in [3.8, 4) is 0 Å². The third kappa shape index (κ3) is 3.28. The molecule has 3 atom stereocenters. The van der Waals surface area contributed by atoms with Crippen LogP contribution in [0.15, 0.2) is 46.1 Å². The zero-order valence-electron chi connectivity index (χ0n) is 12.9. The Labute approximate surface area is 133 Å². The van der Waals surface area contributed by atoms with Crippen LogP contribution in [-0.4, -0.2) is 27.4 Å². The van der Waals surface area contributed by atoms with Crippen LogP contribution in [0.2, 0.25) is 0 Å². The van der Waals surface area contributed by atoms with Crippen LogP contribution in [0.4, 0.5) is 0 Å². The van der Waals surface area contributed by atoms with Crippen molar-refractivity contribution in [2.75, 3.05) is 6.61 Å². The summed E-state index contributed by atoms with van der Waals surface area (Å²) < 4.78 is 7.06. The number of hydrogen-bond acceptors (Lipinski definition) is 4. The number of aryl methyl sites for hydroxylation is 1. The van der Waals surface area contributed by atoms with Gasteiger partial charge in [-0.3, -0.25) is 14.3 Å². The number of benzene rings is 1. The fourth-order valence-electron chi connectivity index (χ4n) is 2.89. The van der Waals surface area contributed by atoms with Crippen molar-refractivity contribution in [1.82, 2.24) is 9.55 Å². The van der Waals surface area contributed by atoms with Gasteiger partial charge in [-0.05, 0) is 18.9 Å². The Bertz CT molecular complexity index is 781. The number of aromatic amines is 1. The number of H-pyrrole nitrogens is 1. The van der Waals surface area contributed by atoms with Gasteiger partial charge in [0.05, 0.1) is 25.4 Å². The number of nitrogens with zero attached hydrogens (tertiary/aromatic N) is 1. The molecular weight excluding hydrogens is 296 g/mol. The molecule has 0 bridgehead atoms. The van der Waals surface area contributed by atoms with Gasteiger partial charge >= 0.3 is 5.69 Å². The van der Waals surface area contributed by atoms with Crippen molar-refractivity contribution in [1.29, 1.82) is 0 Å². The summed E-state index contributed by atoms with van der Waals surface area (Å²) in [6.07, 6.45) is 1.52. The highest BCUT2D eigenvalue weighted by atomic mass is 16.5. The molecule has 2 N–H and O–H groups in total. The number of aromatic nitrogens is 2. The molecule has 1 saturated carbocycles. The zero-order valence-corrected chi connectivity index (χ0v) is 12.9. The van der Waals surface area contributed by atoms with E-state index in [1.807, 2.05) is 30.3 Å². The highest BCUT2D eigenvalue weighted by molar-refractivity contribution is 5.13. The normalized spacial score (nSPS) is 23.5. The summed E-state index contributed by atoms with van der Waals surface area (Å²) in [7, 11) is 0. The molecule has 0 radical (unpaired) electrons. The van der Waals surface area contributed by atoms with Crippen LogP contribution < -0.4 is 11.2 Å². The fourth-order valence-corrected chi connectivity index (χ4v) is 2.89. The summed E-state index contributed by atoms with van der Waals surface area (Å²) in [6.45, 7) is 2.59. The maximum Gasteiger partial charge on any atom is 0.328 e. The number of hydrogen-bond donors (Lipinski definition) is 2. The van der Waals surface area contributed by atoms with E-state index in [2.05, 4.69) is 4.98 Å². The summed E-state index contributed by atoms with van der Waals surface area (Å²) in [5, 5.41) is 10.3. The van der Waals surface area contributed by atoms with Crippen LogP contribution in [-0.2, 0) is 11.3 Å². The van der Waals surface area contributed by atoms with E-state index in [1.54, 1.807) is 6.92 Å². The van der Waals surface area contributed by atoms with Gasteiger partial charge in [0.15, 0.2) is 0 Å². The van der Waals surface area contributed by atoms with E-state index in [0.717, 1.165) is 5.56 Å². The van der Waals surface area contributed by atoms with Gasteiger partial charge in [-0.25, -0.2) is 4.79 Å². The van der Waals surface area contributed by atoms with E-state index < -0.39 is 11.8 Å². The SMILES string of the molecule is Cc1cn(C2CC(COCc3ccccc3)C2O)c(=O)[nH]c1=O. The molecule has 23 heavy (non-hydrogen) atoms. The van der Waals surface area contributed by atoms with E-state index >= 15 is 0 Å². The molecule has 0 saturated heterocycles. The highest BCUT2D eigenvalue weighted by Crippen LogP contribution is 2.37. The molecule has 0 spiro atoms. The van der Waals surface area contributed by atoms with E-state index in [0.29, 0.717) is 25.2 Å². The lowest BCUT2D eigenvalue weighted by atomic mass is 9.77. The monoisotopic (exact) mass is 316 g/mol. The third-order valence-electron chi connectivity index (χ3n) is 4.37. The van der Waals surface area contributed by atoms with Gasteiger partial charge in [-0.1, -0.05) is 30.3 Å². The van der Waals surface area contributed by atoms with Gasteiger partial charge in [0.25, 0.3) is 5.56 Å².